The van der Waals surface area contributed by atoms with Gasteiger partial charge in [0.25, 0.3) is 0 Å². The standard InChI is InChI=1S/C62H44N2S/c1-2-9-39(10-3-1)57-35-58(45-16-20-50-44(29-45)15-14-38-8-6-7-13-49(38)50)64-61(63-57)46-18-22-56-52(33-46)51-30-42(17-21-55(51)62(56)47-25-36-24-37(27-47)28-48(62)26-36)43-19-23-59-53(32-43)54-31-40-11-4-5-12-41(40)34-60(54)65-59/h1-23,29-37,47-48H,24-28H2. The first-order valence-electron chi connectivity index (χ1n) is 23.6. The Morgan fingerprint density at radius 1 is 0.369 bits per heavy atom. The lowest BCUT2D eigenvalue weighted by molar-refractivity contribution is -0.0399. The lowest BCUT2D eigenvalue weighted by Gasteiger charge is -2.61. The molecule has 0 radical (unpaired) electrons. The predicted molar refractivity (Wildman–Crippen MR) is 272 cm³/mol. The third-order valence-corrected chi connectivity index (χ3v) is 17.5. The number of thiophene rings is 1. The van der Waals surface area contributed by atoms with Crippen LogP contribution in [-0.2, 0) is 5.41 Å². The Labute approximate surface area is 382 Å². The Morgan fingerprint density at radius 3 is 1.74 bits per heavy atom. The summed E-state index contributed by atoms with van der Waals surface area (Å²) in [6.45, 7) is 0. The van der Waals surface area contributed by atoms with E-state index in [0.29, 0.717) is 11.8 Å². The fourth-order valence-corrected chi connectivity index (χ4v) is 14.9. The van der Waals surface area contributed by atoms with Crippen molar-refractivity contribution in [1.29, 1.82) is 0 Å². The molecule has 4 bridgehead atoms. The van der Waals surface area contributed by atoms with Gasteiger partial charge in [0.05, 0.1) is 11.4 Å². The highest BCUT2D eigenvalue weighted by Crippen LogP contribution is 2.69. The smallest absolute Gasteiger partial charge is 0.160 e. The molecule has 65 heavy (non-hydrogen) atoms. The van der Waals surface area contributed by atoms with Crippen molar-refractivity contribution in [1.82, 2.24) is 9.97 Å². The molecule has 1 spiro atoms. The van der Waals surface area contributed by atoms with E-state index in [9.17, 15) is 0 Å². The minimum Gasteiger partial charge on any atom is -0.228 e. The summed E-state index contributed by atoms with van der Waals surface area (Å²) >= 11 is 1.91. The zero-order valence-corrected chi connectivity index (χ0v) is 36.8. The molecule has 11 aromatic rings. The first-order valence-corrected chi connectivity index (χ1v) is 24.4. The van der Waals surface area contributed by atoms with Crippen molar-refractivity contribution in [2.24, 2.45) is 23.7 Å². The van der Waals surface area contributed by atoms with Gasteiger partial charge in [0.15, 0.2) is 5.82 Å². The predicted octanol–water partition coefficient (Wildman–Crippen LogP) is 16.7. The van der Waals surface area contributed by atoms with Crippen molar-refractivity contribution in [2.45, 2.75) is 37.5 Å². The number of hydrogen-bond acceptors (Lipinski definition) is 3. The van der Waals surface area contributed by atoms with E-state index in [4.69, 9.17) is 9.97 Å². The lowest BCUT2D eigenvalue weighted by atomic mass is 9.43. The molecule has 4 saturated carbocycles. The Bertz CT molecular complexity index is 3770. The summed E-state index contributed by atoms with van der Waals surface area (Å²) in [6, 6.07) is 68.3. The van der Waals surface area contributed by atoms with Gasteiger partial charge in [-0.25, -0.2) is 9.97 Å². The highest BCUT2D eigenvalue weighted by molar-refractivity contribution is 7.25. The highest BCUT2D eigenvalue weighted by Gasteiger charge is 2.61. The molecule has 0 saturated heterocycles. The monoisotopic (exact) mass is 848 g/mol. The molecular formula is C62H44N2S. The summed E-state index contributed by atoms with van der Waals surface area (Å²) in [6.07, 6.45) is 6.89. The van der Waals surface area contributed by atoms with Crippen LogP contribution in [0.1, 0.15) is 43.2 Å². The first kappa shape index (κ1) is 36.4. The molecule has 2 heterocycles. The number of nitrogens with zero attached hydrogens (tertiary/aromatic N) is 2. The minimum absolute atomic E-state index is 0.0664. The Hall–Kier alpha value is -6.94. The number of hydrogen-bond donors (Lipinski definition) is 0. The SMILES string of the molecule is c1ccc(-c2cc(-c3ccc4c(ccc5ccccc54)c3)nc(-c3ccc4c(c3)-c3cc(-c5ccc6sc7cc8ccccc8cc7c6c5)ccc3C43C4CC5CC(C4)CC3C5)n2)cc1. The van der Waals surface area contributed by atoms with Gasteiger partial charge in [-0.05, 0) is 170 Å². The summed E-state index contributed by atoms with van der Waals surface area (Å²) in [5.41, 5.74) is 13.7. The second-order valence-corrected chi connectivity index (χ2v) is 20.8. The molecule has 5 aliphatic carbocycles. The molecule has 16 rings (SSSR count). The maximum atomic E-state index is 5.45. The zero-order valence-electron chi connectivity index (χ0n) is 36.0. The van der Waals surface area contributed by atoms with Gasteiger partial charge < -0.3 is 0 Å². The number of fused-ring (bicyclic) bond motifs is 10. The van der Waals surface area contributed by atoms with Gasteiger partial charge in [-0.1, -0.05) is 133 Å². The molecule has 3 heteroatoms. The maximum absolute atomic E-state index is 5.45. The minimum atomic E-state index is 0.0664. The van der Waals surface area contributed by atoms with Crippen LogP contribution in [0, 0.1) is 23.7 Å². The molecule has 0 amide bonds. The van der Waals surface area contributed by atoms with Crippen LogP contribution in [-0.4, -0.2) is 9.97 Å². The number of benzene rings is 9. The van der Waals surface area contributed by atoms with Gasteiger partial charge in [-0.15, -0.1) is 11.3 Å². The van der Waals surface area contributed by atoms with Gasteiger partial charge in [-0.2, -0.15) is 0 Å². The summed E-state index contributed by atoms with van der Waals surface area (Å²) in [5.74, 6) is 3.93. The van der Waals surface area contributed by atoms with E-state index in [1.807, 2.05) is 11.3 Å². The van der Waals surface area contributed by atoms with Crippen molar-refractivity contribution in [2.75, 3.05) is 0 Å². The average Bonchev–Trinajstić information content (AvgIpc) is 3.86. The molecule has 4 fully saturated rings. The van der Waals surface area contributed by atoms with Crippen LogP contribution in [0.3, 0.4) is 0 Å². The van der Waals surface area contributed by atoms with E-state index in [2.05, 4.69) is 182 Å². The van der Waals surface area contributed by atoms with E-state index in [1.165, 1.54) is 107 Å². The third-order valence-electron chi connectivity index (χ3n) is 16.4. The van der Waals surface area contributed by atoms with Crippen LogP contribution in [0.5, 0.6) is 0 Å². The molecule has 2 nitrogen and oxygen atoms in total. The van der Waals surface area contributed by atoms with Crippen molar-refractivity contribution in [3.05, 3.63) is 193 Å². The summed E-state index contributed by atoms with van der Waals surface area (Å²) in [5, 5.41) is 10.3. The molecular weight excluding hydrogens is 805 g/mol. The first-order chi connectivity index (χ1) is 32.1. The lowest BCUT2D eigenvalue weighted by Crippen LogP contribution is -2.55. The Kier molecular flexibility index (Phi) is 7.59. The van der Waals surface area contributed by atoms with E-state index < -0.39 is 0 Å². The van der Waals surface area contributed by atoms with E-state index in [-0.39, 0.29) is 5.41 Å². The fraction of sp³-hybridized carbons (Fsp3) is 0.161. The van der Waals surface area contributed by atoms with Crippen molar-refractivity contribution < 1.29 is 0 Å². The quantitative estimate of drug-likeness (QED) is 0.165. The number of rotatable bonds is 4. The second-order valence-electron chi connectivity index (χ2n) is 19.8. The summed E-state index contributed by atoms with van der Waals surface area (Å²) < 4.78 is 2.70. The fourth-order valence-electron chi connectivity index (χ4n) is 13.8. The number of aromatic nitrogens is 2. The van der Waals surface area contributed by atoms with Crippen molar-refractivity contribution >= 4 is 63.8 Å². The molecule has 0 aliphatic heterocycles. The molecule has 0 atom stereocenters. The highest BCUT2D eigenvalue weighted by atomic mass is 32.1. The van der Waals surface area contributed by atoms with E-state index in [1.54, 1.807) is 11.1 Å². The third kappa shape index (κ3) is 5.34. The van der Waals surface area contributed by atoms with Crippen LogP contribution < -0.4 is 0 Å². The molecule has 2 aromatic heterocycles. The largest absolute Gasteiger partial charge is 0.228 e. The Morgan fingerprint density at radius 2 is 0.954 bits per heavy atom. The maximum Gasteiger partial charge on any atom is 0.160 e. The van der Waals surface area contributed by atoms with Crippen molar-refractivity contribution in [3.63, 3.8) is 0 Å². The molecule has 0 N–H and O–H groups in total. The normalized spacial score (nSPS) is 21.6. The van der Waals surface area contributed by atoms with E-state index >= 15 is 0 Å². The Balaban J connectivity index is 0.906. The van der Waals surface area contributed by atoms with Gasteiger partial charge in [0.2, 0.25) is 0 Å². The second kappa shape index (κ2) is 13.5. The van der Waals surface area contributed by atoms with Crippen LogP contribution in [0.4, 0.5) is 0 Å². The summed E-state index contributed by atoms with van der Waals surface area (Å²) in [7, 11) is 0. The van der Waals surface area contributed by atoms with Crippen molar-refractivity contribution in [3.8, 4) is 56.2 Å². The van der Waals surface area contributed by atoms with Gasteiger partial charge in [-0.3, -0.25) is 0 Å². The summed E-state index contributed by atoms with van der Waals surface area (Å²) in [4.78, 5) is 10.8. The zero-order chi connectivity index (χ0) is 42.4. The molecule has 5 aliphatic rings. The van der Waals surface area contributed by atoms with Crippen LogP contribution in [0.2, 0.25) is 0 Å². The molecule has 9 aromatic carbocycles. The average molecular weight is 849 g/mol. The molecule has 308 valence electrons. The van der Waals surface area contributed by atoms with Gasteiger partial charge in [0, 0.05) is 42.3 Å². The topological polar surface area (TPSA) is 25.8 Å². The van der Waals surface area contributed by atoms with Crippen LogP contribution >= 0.6 is 11.3 Å². The van der Waals surface area contributed by atoms with Gasteiger partial charge in [0.1, 0.15) is 0 Å². The van der Waals surface area contributed by atoms with Crippen LogP contribution in [0.15, 0.2) is 182 Å². The molecule has 0 unspecified atom stereocenters. The van der Waals surface area contributed by atoms with Crippen LogP contribution in [0.25, 0.3) is 109 Å². The van der Waals surface area contributed by atoms with E-state index in [0.717, 1.165) is 45.7 Å². The van der Waals surface area contributed by atoms with Gasteiger partial charge >= 0.3 is 0 Å².